The highest BCUT2D eigenvalue weighted by Gasteiger charge is 2.32. The second-order valence-corrected chi connectivity index (χ2v) is 4.35. The summed E-state index contributed by atoms with van der Waals surface area (Å²) in [5, 5.41) is 2.69. The first kappa shape index (κ1) is 10.4. The Labute approximate surface area is 89.0 Å². The van der Waals surface area contributed by atoms with Gasteiger partial charge in [-0.2, -0.15) is 0 Å². The van der Waals surface area contributed by atoms with Crippen molar-refractivity contribution in [1.82, 2.24) is 10.2 Å². The third kappa shape index (κ3) is 2.28. The molecule has 0 bridgehead atoms. The van der Waals surface area contributed by atoms with Gasteiger partial charge in [-0.25, -0.2) is 0 Å². The third-order valence-corrected chi connectivity index (χ3v) is 3.06. The minimum Gasteiger partial charge on any atom is -0.344 e. The van der Waals surface area contributed by atoms with Crippen LogP contribution in [0.3, 0.4) is 0 Å². The number of carbonyl (C=O) groups is 2. The molecule has 2 amide bonds. The topological polar surface area (TPSA) is 75.4 Å². The van der Waals surface area contributed by atoms with Crippen LogP contribution in [0.5, 0.6) is 0 Å². The molecule has 2 atom stereocenters. The lowest BCUT2D eigenvalue weighted by Crippen LogP contribution is -2.51. The van der Waals surface area contributed by atoms with Gasteiger partial charge in [-0.05, 0) is 19.3 Å². The van der Waals surface area contributed by atoms with Crippen LogP contribution in [0.4, 0.5) is 0 Å². The second kappa shape index (κ2) is 4.18. The Morgan fingerprint density at radius 3 is 2.87 bits per heavy atom. The van der Waals surface area contributed by atoms with Crippen molar-refractivity contribution in [3.05, 3.63) is 0 Å². The van der Waals surface area contributed by atoms with Crippen LogP contribution in [0.25, 0.3) is 0 Å². The summed E-state index contributed by atoms with van der Waals surface area (Å²) in [5.74, 6) is 0.0191. The fraction of sp³-hybridized carbons (Fsp3) is 0.800. The number of amides is 2. The highest BCUT2D eigenvalue weighted by Crippen LogP contribution is 2.14. The van der Waals surface area contributed by atoms with E-state index < -0.39 is 0 Å². The van der Waals surface area contributed by atoms with E-state index in [9.17, 15) is 9.59 Å². The molecule has 15 heavy (non-hydrogen) atoms. The molecule has 2 rings (SSSR count). The smallest absolute Gasteiger partial charge is 0.245 e. The molecule has 3 N–H and O–H groups in total. The van der Waals surface area contributed by atoms with Crippen LogP contribution >= 0.6 is 0 Å². The minimum absolute atomic E-state index is 0.0188. The summed E-state index contributed by atoms with van der Waals surface area (Å²) in [7, 11) is 0. The van der Waals surface area contributed by atoms with Gasteiger partial charge in [0, 0.05) is 25.6 Å². The number of hydrogen-bond acceptors (Lipinski definition) is 3. The number of hydrogen-bond donors (Lipinski definition) is 2. The Morgan fingerprint density at radius 2 is 2.27 bits per heavy atom. The van der Waals surface area contributed by atoms with Crippen molar-refractivity contribution < 1.29 is 9.59 Å². The molecule has 2 aliphatic heterocycles. The Kier molecular flexibility index (Phi) is 2.90. The Hall–Kier alpha value is -1.10. The molecule has 0 aromatic heterocycles. The number of carbonyl (C=O) groups excluding carboxylic acids is 2. The molecule has 0 aromatic rings. The van der Waals surface area contributed by atoms with Crippen LogP contribution < -0.4 is 11.1 Å². The summed E-state index contributed by atoms with van der Waals surface area (Å²) in [4.78, 5) is 24.7. The standard InChI is InChI=1S/C10H17N3O2/c11-7-2-1-5-13(6-7)10(15)8-3-4-9(14)12-8/h7-8H,1-6,11H2,(H,12,14)/t7?,8-/m1/s1. The van der Waals surface area contributed by atoms with Crippen LogP contribution in [-0.2, 0) is 9.59 Å². The van der Waals surface area contributed by atoms with Crippen molar-refractivity contribution in [2.24, 2.45) is 5.73 Å². The zero-order chi connectivity index (χ0) is 10.8. The van der Waals surface area contributed by atoms with Gasteiger partial charge in [-0.1, -0.05) is 0 Å². The molecule has 5 heteroatoms. The van der Waals surface area contributed by atoms with Gasteiger partial charge in [0.2, 0.25) is 11.8 Å². The van der Waals surface area contributed by atoms with Gasteiger partial charge in [0.05, 0.1) is 0 Å². The Morgan fingerprint density at radius 1 is 1.47 bits per heavy atom. The molecular weight excluding hydrogens is 194 g/mol. The van der Waals surface area contributed by atoms with Gasteiger partial charge in [0.1, 0.15) is 6.04 Å². The third-order valence-electron chi connectivity index (χ3n) is 3.06. The van der Waals surface area contributed by atoms with E-state index in [0.29, 0.717) is 19.4 Å². The monoisotopic (exact) mass is 211 g/mol. The average Bonchev–Trinajstić information content (AvgIpc) is 2.64. The lowest BCUT2D eigenvalue weighted by Gasteiger charge is -2.32. The first-order chi connectivity index (χ1) is 7.16. The summed E-state index contributed by atoms with van der Waals surface area (Å²) in [5.41, 5.74) is 5.81. The van der Waals surface area contributed by atoms with Crippen molar-refractivity contribution >= 4 is 11.8 Å². The maximum absolute atomic E-state index is 11.9. The molecule has 2 saturated heterocycles. The van der Waals surface area contributed by atoms with E-state index in [4.69, 9.17) is 5.73 Å². The van der Waals surface area contributed by atoms with Gasteiger partial charge in [-0.15, -0.1) is 0 Å². The number of rotatable bonds is 1. The predicted octanol–water partition coefficient (Wildman–Crippen LogP) is -0.785. The van der Waals surface area contributed by atoms with E-state index in [1.165, 1.54) is 0 Å². The van der Waals surface area contributed by atoms with Crippen LogP contribution in [0.1, 0.15) is 25.7 Å². The summed E-state index contributed by atoms with van der Waals surface area (Å²) < 4.78 is 0. The lowest BCUT2D eigenvalue weighted by atomic mass is 10.1. The summed E-state index contributed by atoms with van der Waals surface area (Å²) >= 11 is 0. The molecule has 2 heterocycles. The number of nitrogens with two attached hydrogens (primary N) is 1. The molecule has 0 aliphatic carbocycles. The minimum atomic E-state index is -0.303. The Balaban J connectivity index is 1.92. The fourth-order valence-corrected chi connectivity index (χ4v) is 2.23. The van der Waals surface area contributed by atoms with Gasteiger partial charge in [0.15, 0.2) is 0 Å². The number of likely N-dealkylation sites (tertiary alicyclic amines) is 1. The van der Waals surface area contributed by atoms with Gasteiger partial charge in [0.25, 0.3) is 0 Å². The molecule has 2 fully saturated rings. The van der Waals surface area contributed by atoms with E-state index in [0.717, 1.165) is 19.4 Å². The Bertz CT molecular complexity index is 280. The summed E-state index contributed by atoms with van der Waals surface area (Å²) in [6.45, 7) is 1.41. The first-order valence-electron chi connectivity index (χ1n) is 5.50. The molecule has 1 unspecified atom stereocenters. The van der Waals surface area contributed by atoms with Crippen molar-refractivity contribution in [2.45, 2.75) is 37.8 Å². The predicted molar refractivity (Wildman–Crippen MR) is 55.0 cm³/mol. The van der Waals surface area contributed by atoms with Gasteiger partial charge >= 0.3 is 0 Å². The van der Waals surface area contributed by atoms with Gasteiger partial charge in [-0.3, -0.25) is 9.59 Å². The highest BCUT2D eigenvalue weighted by atomic mass is 16.2. The van der Waals surface area contributed by atoms with E-state index in [-0.39, 0.29) is 23.9 Å². The molecule has 0 spiro atoms. The normalized spacial score (nSPS) is 31.5. The van der Waals surface area contributed by atoms with Crippen molar-refractivity contribution in [1.29, 1.82) is 0 Å². The van der Waals surface area contributed by atoms with E-state index in [1.807, 2.05) is 0 Å². The molecule has 2 aliphatic rings. The largest absolute Gasteiger partial charge is 0.344 e. The fourth-order valence-electron chi connectivity index (χ4n) is 2.23. The zero-order valence-corrected chi connectivity index (χ0v) is 8.74. The molecular formula is C10H17N3O2. The molecule has 5 nitrogen and oxygen atoms in total. The van der Waals surface area contributed by atoms with Crippen molar-refractivity contribution in [3.8, 4) is 0 Å². The first-order valence-corrected chi connectivity index (χ1v) is 5.50. The maximum Gasteiger partial charge on any atom is 0.245 e. The number of nitrogens with zero attached hydrogens (tertiary/aromatic N) is 1. The van der Waals surface area contributed by atoms with Crippen LogP contribution in [0.2, 0.25) is 0 Å². The SMILES string of the molecule is NC1CCCN(C(=O)[C@H]2CCC(=O)N2)C1. The molecule has 0 saturated carbocycles. The summed E-state index contributed by atoms with van der Waals surface area (Å²) in [6, 6.07) is -0.206. The number of nitrogens with one attached hydrogen (secondary N) is 1. The highest BCUT2D eigenvalue weighted by molar-refractivity contribution is 5.90. The van der Waals surface area contributed by atoms with Crippen LogP contribution in [0.15, 0.2) is 0 Å². The van der Waals surface area contributed by atoms with Gasteiger partial charge < -0.3 is 16.0 Å². The number of piperidine rings is 1. The van der Waals surface area contributed by atoms with E-state index >= 15 is 0 Å². The maximum atomic E-state index is 11.9. The summed E-state index contributed by atoms with van der Waals surface area (Å²) in [6.07, 6.45) is 3.05. The van der Waals surface area contributed by atoms with E-state index in [2.05, 4.69) is 5.32 Å². The second-order valence-electron chi connectivity index (χ2n) is 4.35. The molecule has 84 valence electrons. The van der Waals surface area contributed by atoms with Crippen molar-refractivity contribution in [3.63, 3.8) is 0 Å². The zero-order valence-electron chi connectivity index (χ0n) is 8.74. The quantitative estimate of drug-likeness (QED) is 0.597. The average molecular weight is 211 g/mol. The van der Waals surface area contributed by atoms with Crippen LogP contribution in [0, 0.1) is 0 Å². The molecule has 0 aromatic carbocycles. The van der Waals surface area contributed by atoms with E-state index in [1.54, 1.807) is 4.90 Å². The molecule has 0 radical (unpaired) electrons. The van der Waals surface area contributed by atoms with Crippen molar-refractivity contribution in [2.75, 3.05) is 13.1 Å². The lowest BCUT2D eigenvalue weighted by molar-refractivity contribution is -0.135. The van der Waals surface area contributed by atoms with Crippen LogP contribution in [-0.4, -0.2) is 41.9 Å².